The fourth-order valence-electron chi connectivity index (χ4n) is 4.25. The SMILES string of the molecule is O=C1CN(c2ccc(C[C@H](NS(=O)(=O)c3ccccc3)C(=O)NCCCCc3ccccc3)cc2Br)S(=O)(=O)N1. The summed E-state index contributed by atoms with van der Waals surface area (Å²) in [5.74, 6) is -1.12. The molecule has 3 aromatic carbocycles. The molecule has 13 heteroatoms. The smallest absolute Gasteiger partial charge is 0.326 e. The molecule has 1 aliphatic rings. The van der Waals surface area contributed by atoms with Gasteiger partial charge in [0.25, 0.3) is 5.91 Å². The number of aryl methyl sites for hydroxylation is 1. The molecule has 1 atom stereocenters. The number of halogens is 1. The minimum Gasteiger partial charge on any atom is -0.355 e. The van der Waals surface area contributed by atoms with Gasteiger partial charge in [-0.1, -0.05) is 54.6 Å². The van der Waals surface area contributed by atoms with Crippen LogP contribution >= 0.6 is 15.9 Å². The third-order valence-electron chi connectivity index (χ3n) is 6.24. The first-order valence-electron chi connectivity index (χ1n) is 12.6. The van der Waals surface area contributed by atoms with Crippen LogP contribution in [-0.2, 0) is 42.7 Å². The van der Waals surface area contributed by atoms with Crippen molar-refractivity contribution in [2.45, 2.75) is 36.6 Å². The van der Waals surface area contributed by atoms with Gasteiger partial charge in [-0.05, 0) is 77.0 Å². The minimum atomic E-state index is -4.00. The fraction of sp³-hybridized carbons (Fsp3) is 0.259. The maximum absolute atomic E-state index is 13.2. The van der Waals surface area contributed by atoms with Gasteiger partial charge in [-0.15, -0.1) is 0 Å². The van der Waals surface area contributed by atoms with E-state index in [1.54, 1.807) is 30.3 Å². The van der Waals surface area contributed by atoms with Crippen molar-refractivity contribution in [2.24, 2.45) is 0 Å². The largest absolute Gasteiger partial charge is 0.355 e. The summed E-state index contributed by atoms with van der Waals surface area (Å²) in [4.78, 5) is 24.9. The number of hydrogen-bond donors (Lipinski definition) is 3. The Labute approximate surface area is 242 Å². The molecule has 3 aromatic rings. The Hall–Kier alpha value is -3.26. The van der Waals surface area contributed by atoms with Crippen LogP contribution in [0.3, 0.4) is 0 Å². The van der Waals surface area contributed by atoms with Crippen LogP contribution in [0.4, 0.5) is 5.69 Å². The summed E-state index contributed by atoms with van der Waals surface area (Å²) in [6.45, 7) is 0.0260. The predicted molar refractivity (Wildman–Crippen MR) is 155 cm³/mol. The summed E-state index contributed by atoms with van der Waals surface area (Å²) < 4.78 is 56.3. The van der Waals surface area contributed by atoms with Crippen molar-refractivity contribution in [3.8, 4) is 0 Å². The lowest BCUT2D eigenvalue weighted by molar-refractivity contribution is -0.122. The Morgan fingerprint density at radius 1 is 0.975 bits per heavy atom. The molecule has 0 aromatic heterocycles. The number of nitrogens with zero attached hydrogens (tertiary/aromatic N) is 1. The predicted octanol–water partition coefficient (Wildman–Crippen LogP) is 2.66. The molecule has 3 N–H and O–H groups in total. The molecule has 1 fully saturated rings. The maximum Gasteiger partial charge on any atom is 0.326 e. The number of carbonyl (C=O) groups excluding carboxylic acids is 2. The van der Waals surface area contributed by atoms with Gasteiger partial charge in [0.2, 0.25) is 15.9 Å². The summed E-state index contributed by atoms with van der Waals surface area (Å²) in [6, 6.07) is 21.3. The Morgan fingerprint density at radius 2 is 1.65 bits per heavy atom. The lowest BCUT2D eigenvalue weighted by Gasteiger charge is -2.20. The van der Waals surface area contributed by atoms with Gasteiger partial charge in [0, 0.05) is 11.0 Å². The molecule has 0 unspecified atom stereocenters. The molecule has 0 bridgehead atoms. The molecule has 0 saturated carbocycles. The van der Waals surface area contributed by atoms with Crippen LogP contribution in [0.2, 0.25) is 0 Å². The van der Waals surface area contributed by atoms with E-state index in [1.165, 1.54) is 23.8 Å². The highest BCUT2D eigenvalue weighted by Gasteiger charge is 2.35. The van der Waals surface area contributed by atoms with Crippen LogP contribution in [0.1, 0.15) is 24.0 Å². The van der Waals surface area contributed by atoms with E-state index < -0.39 is 38.1 Å². The van der Waals surface area contributed by atoms with Gasteiger partial charge in [-0.2, -0.15) is 13.1 Å². The van der Waals surface area contributed by atoms with Gasteiger partial charge < -0.3 is 5.32 Å². The standard InChI is InChI=1S/C27H29BrN4O6S2/c28-23-17-21(14-15-25(23)32-19-26(33)31-40(32,37)38)18-24(30-39(35,36)22-12-5-2-6-13-22)27(34)29-16-8-7-11-20-9-3-1-4-10-20/h1-6,9-10,12-15,17,24,30H,7-8,11,16,18-19H2,(H,29,34)(H,31,33)/t24-/m0/s1. The van der Waals surface area contributed by atoms with E-state index in [9.17, 15) is 26.4 Å². The van der Waals surface area contributed by atoms with Gasteiger partial charge in [-0.3, -0.25) is 9.59 Å². The molecular weight excluding hydrogens is 620 g/mol. The molecule has 10 nitrogen and oxygen atoms in total. The lowest BCUT2D eigenvalue weighted by atomic mass is 10.1. The van der Waals surface area contributed by atoms with E-state index in [0.717, 1.165) is 23.6 Å². The van der Waals surface area contributed by atoms with Crippen LogP contribution in [0.15, 0.2) is 88.2 Å². The number of amides is 2. The first-order valence-corrected chi connectivity index (χ1v) is 16.3. The molecule has 40 heavy (non-hydrogen) atoms. The van der Waals surface area contributed by atoms with E-state index in [-0.39, 0.29) is 23.5 Å². The summed E-state index contributed by atoms with van der Waals surface area (Å²) in [6.07, 6.45) is 2.45. The summed E-state index contributed by atoms with van der Waals surface area (Å²) in [5, 5.41) is 2.84. The summed E-state index contributed by atoms with van der Waals surface area (Å²) >= 11 is 3.35. The van der Waals surface area contributed by atoms with Gasteiger partial charge in [0.05, 0.1) is 10.6 Å². The van der Waals surface area contributed by atoms with Crippen LogP contribution in [0.5, 0.6) is 0 Å². The molecular formula is C27H29BrN4O6S2. The molecule has 212 valence electrons. The van der Waals surface area contributed by atoms with Crippen LogP contribution in [0.25, 0.3) is 0 Å². The monoisotopic (exact) mass is 648 g/mol. The Bertz CT molecular complexity index is 1570. The molecule has 1 aliphatic heterocycles. The highest BCUT2D eigenvalue weighted by atomic mass is 79.9. The van der Waals surface area contributed by atoms with Crippen LogP contribution in [0, 0.1) is 0 Å². The number of rotatable bonds is 12. The molecule has 4 rings (SSSR count). The third-order valence-corrected chi connectivity index (χ3v) is 9.76. The van der Waals surface area contributed by atoms with Gasteiger partial charge in [0.15, 0.2) is 0 Å². The van der Waals surface area contributed by atoms with Crippen LogP contribution < -0.4 is 19.1 Å². The number of hydrogen-bond acceptors (Lipinski definition) is 6. The number of unbranched alkanes of at least 4 members (excludes halogenated alkanes) is 1. The molecule has 2 amide bonds. The third kappa shape index (κ3) is 7.68. The van der Waals surface area contributed by atoms with Gasteiger partial charge in [0.1, 0.15) is 12.6 Å². The molecule has 0 spiro atoms. The van der Waals surface area contributed by atoms with Crippen molar-refractivity contribution in [3.63, 3.8) is 0 Å². The zero-order valence-electron chi connectivity index (χ0n) is 21.4. The highest BCUT2D eigenvalue weighted by molar-refractivity contribution is 9.10. The number of nitrogens with one attached hydrogen (secondary N) is 3. The van der Waals surface area contributed by atoms with E-state index in [1.807, 2.05) is 35.1 Å². The van der Waals surface area contributed by atoms with E-state index in [0.29, 0.717) is 16.6 Å². The molecule has 0 radical (unpaired) electrons. The van der Waals surface area contributed by atoms with Crippen molar-refractivity contribution < 1.29 is 26.4 Å². The number of benzene rings is 3. The summed E-state index contributed by atoms with van der Waals surface area (Å²) in [5.41, 5.74) is 2.02. The second-order valence-electron chi connectivity index (χ2n) is 9.25. The topological polar surface area (TPSA) is 142 Å². The second kappa shape index (κ2) is 12.9. The van der Waals surface area contributed by atoms with Crippen molar-refractivity contribution in [3.05, 3.63) is 94.5 Å². The number of sulfonamides is 1. The molecule has 1 saturated heterocycles. The lowest BCUT2D eigenvalue weighted by Crippen LogP contribution is -2.48. The summed E-state index contributed by atoms with van der Waals surface area (Å²) in [7, 11) is -8.01. The average molecular weight is 650 g/mol. The Morgan fingerprint density at radius 3 is 2.27 bits per heavy atom. The van der Waals surface area contributed by atoms with Crippen molar-refractivity contribution in [1.29, 1.82) is 0 Å². The molecule has 0 aliphatic carbocycles. The highest BCUT2D eigenvalue weighted by Crippen LogP contribution is 2.31. The molecule has 1 heterocycles. The average Bonchev–Trinajstić information content (AvgIpc) is 3.20. The van der Waals surface area contributed by atoms with E-state index in [2.05, 4.69) is 26.0 Å². The Balaban J connectivity index is 1.47. The second-order valence-corrected chi connectivity index (χ2v) is 13.4. The zero-order valence-corrected chi connectivity index (χ0v) is 24.6. The minimum absolute atomic E-state index is 0.00469. The zero-order chi connectivity index (χ0) is 28.8. The maximum atomic E-state index is 13.2. The van der Waals surface area contributed by atoms with Crippen molar-refractivity contribution >= 4 is 53.7 Å². The van der Waals surface area contributed by atoms with E-state index >= 15 is 0 Å². The van der Waals surface area contributed by atoms with Gasteiger partial charge >= 0.3 is 10.2 Å². The number of carbonyl (C=O) groups is 2. The first-order chi connectivity index (χ1) is 19.0. The Kier molecular flexibility index (Phi) is 9.61. The normalized spacial score (nSPS) is 15.4. The number of anilines is 1. The van der Waals surface area contributed by atoms with Gasteiger partial charge in [-0.25, -0.2) is 17.4 Å². The first kappa shape index (κ1) is 29.7. The fourth-order valence-corrected chi connectivity index (χ4v) is 7.39. The van der Waals surface area contributed by atoms with E-state index in [4.69, 9.17) is 0 Å². The van der Waals surface area contributed by atoms with Crippen molar-refractivity contribution in [2.75, 3.05) is 17.4 Å². The van der Waals surface area contributed by atoms with Crippen LogP contribution in [-0.4, -0.2) is 47.8 Å². The quantitative estimate of drug-likeness (QED) is 0.258. The van der Waals surface area contributed by atoms with Crippen molar-refractivity contribution in [1.82, 2.24) is 14.8 Å².